The van der Waals surface area contributed by atoms with Gasteiger partial charge in [0.15, 0.2) is 5.78 Å². The third-order valence-electron chi connectivity index (χ3n) is 4.97. The number of fused-ring (bicyclic) bond motifs is 1. The third-order valence-corrected chi connectivity index (χ3v) is 4.97. The Morgan fingerprint density at radius 3 is 2.31 bits per heavy atom. The van der Waals surface area contributed by atoms with Gasteiger partial charge >= 0.3 is 0 Å². The molecule has 1 heterocycles. The molecule has 29 heavy (non-hydrogen) atoms. The maximum absolute atomic E-state index is 12.4. The quantitative estimate of drug-likeness (QED) is 0.372. The molecule has 3 nitrogen and oxygen atoms in total. The number of aromatic nitrogens is 1. The van der Waals surface area contributed by atoms with Crippen LogP contribution < -0.4 is 4.74 Å². The van der Waals surface area contributed by atoms with E-state index in [1.807, 2.05) is 78.9 Å². The summed E-state index contributed by atoms with van der Waals surface area (Å²) in [4.78, 5) is 15.7. The molecule has 0 amide bonds. The van der Waals surface area contributed by atoms with Gasteiger partial charge in [0.05, 0.1) is 18.7 Å². The first-order valence-corrected chi connectivity index (χ1v) is 9.49. The predicted octanol–water partition coefficient (Wildman–Crippen LogP) is 5.56. The van der Waals surface area contributed by atoms with Crippen LogP contribution in [0.25, 0.3) is 10.9 Å². The van der Waals surface area contributed by atoms with E-state index in [1.165, 1.54) is 0 Å². The Hall–Kier alpha value is -3.77. The average Bonchev–Trinajstić information content (AvgIpc) is 3.15. The summed E-state index contributed by atoms with van der Waals surface area (Å²) in [6, 6.07) is 25.7. The number of ketones is 1. The minimum absolute atomic E-state index is 0.00350. The maximum atomic E-state index is 12.4. The highest BCUT2D eigenvalue weighted by molar-refractivity contribution is 6.02. The lowest BCUT2D eigenvalue weighted by Gasteiger charge is -2.14. The molecule has 0 saturated carbocycles. The Morgan fingerprint density at radius 1 is 0.931 bits per heavy atom. The van der Waals surface area contributed by atoms with Crippen molar-refractivity contribution in [2.45, 2.75) is 12.8 Å². The summed E-state index contributed by atoms with van der Waals surface area (Å²) in [6.45, 7) is 1.59. The van der Waals surface area contributed by atoms with E-state index in [2.05, 4.69) is 16.8 Å². The van der Waals surface area contributed by atoms with E-state index in [9.17, 15) is 4.79 Å². The lowest BCUT2D eigenvalue weighted by atomic mass is 9.88. The molecule has 1 N–H and O–H groups in total. The molecule has 4 rings (SSSR count). The van der Waals surface area contributed by atoms with Crippen molar-refractivity contribution in [2.75, 3.05) is 7.11 Å². The summed E-state index contributed by atoms with van der Waals surface area (Å²) >= 11 is 0. The van der Waals surface area contributed by atoms with Gasteiger partial charge in [-0.05, 0) is 35.9 Å². The van der Waals surface area contributed by atoms with E-state index in [-0.39, 0.29) is 11.7 Å². The molecule has 1 aromatic heterocycles. The van der Waals surface area contributed by atoms with Crippen molar-refractivity contribution in [1.82, 2.24) is 4.98 Å². The van der Waals surface area contributed by atoms with Gasteiger partial charge in [-0.2, -0.15) is 0 Å². The number of hydrogen-bond donors (Lipinski definition) is 1. The molecule has 0 saturated heterocycles. The van der Waals surface area contributed by atoms with Crippen LogP contribution in [0, 0.1) is 11.8 Å². The van der Waals surface area contributed by atoms with Crippen molar-refractivity contribution < 1.29 is 9.53 Å². The van der Waals surface area contributed by atoms with Gasteiger partial charge in [-0.15, -0.1) is 0 Å². The second kappa shape index (κ2) is 8.08. The minimum atomic E-state index is -0.254. The Kier molecular flexibility index (Phi) is 5.18. The highest BCUT2D eigenvalue weighted by Crippen LogP contribution is 2.34. The summed E-state index contributed by atoms with van der Waals surface area (Å²) in [5.41, 5.74) is 4.42. The van der Waals surface area contributed by atoms with Gasteiger partial charge in [-0.25, -0.2) is 0 Å². The summed E-state index contributed by atoms with van der Waals surface area (Å²) in [7, 11) is 1.65. The summed E-state index contributed by atoms with van der Waals surface area (Å²) < 4.78 is 5.30. The van der Waals surface area contributed by atoms with Crippen LogP contribution in [-0.2, 0) is 0 Å². The van der Waals surface area contributed by atoms with Crippen molar-refractivity contribution in [3.8, 4) is 17.6 Å². The van der Waals surface area contributed by atoms with E-state index >= 15 is 0 Å². The SMILES string of the molecule is COc1ccc(C(C#Cc2ccccc2)c2c(C(C)=O)[nH]c3ccccc23)cc1. The molecule has 0 radical (unpaired) electrons. The molecule has 4 aromatic rings. The number of methoxy groups -OCH3 is 1. The second-order valence-electron chi connectivity index (χ2n) is 6.86. The Labute approximate surface area is 170 Å². The molecule has 0 fully saturated rings. The van der Waals surface area contributed by atoms with E-state index in [0.717, 1.165) is 33.3 Å². The summed E-state index contributed by atoms with van der Waals surface area (Å²) in [6.07, 6.45) is 0. The standard InChI is InChI=1S/C26H21NO2/c1-18(28)26-25(23-10-6-7-11-24(23)27-26)22(17-12-19-8-4-3-5-9-19)20-13-15-21(29-2)16-14-20/h3-11,13-16,22,27H,1-2H3. The normalized spacial score (nSPS) is 11.5. The van der Waals surface area contributed by atoms with E-state index < -0.39 is 0 Å². The number of hydrogen-bond acceptors (Lipinski definition) is 2. The number of Topliss-reactive ketones (excluding diaryl/α,β-unsaturated/α-hetero) is 1. The molecule has 0 bridgehead atoms. The molecule has 3 aromatic carbocycles. The van der Waals surface area contributed by atoms with E-state index in [0.29, 0.717) is 5.69 Å². The number of para-hydroxylation sites is 1. The van der Waals surface area contributed by atoms with Crippen molar-refractivity contribution in [3.05, 3.63) is 101 Å². The topological polar surface area (TPSA) is 42.1 Å². The van der Waals surface area contributed by atoms with E-state index in [1.54, 1.807) is 14.0 Å². The molecule has 3 heteroatoms. The van der Waals surface area contributed by atoms with Gasteiger partial charge in [0.2, 0.25) is 0 Å². The lowest BCUT2D eigenvalue weighted by Crippen LogP contribution is -2.05. The first kappa shape index (κ1) is 18.6. The first-order valence-electron chi connectivity index (χ1n) is 9.49. The van der Waals surface area contributed by atoms with Crippen LogP contribution in [0.5, 0.6) is 5.75 Å². The number of benzene rings is 3. The van der Waals surface area contributed by atoms with Crippen LogP contribution in [0.15, 0.2) is 78.9 Å². The summed E-state index contributed by atoms with van der Waals surface area (Å²) in [5, 5.41) is 1.01. The number of nitrogens with one attached hydrogen (secondary N) is 1. The van der Waals surface area contributed by atoms with Crippen molar-refractivity contribution in [1.29, 1.82) is 0 Å². The highest BCUT2D eigenvalue weighted by Gasteiger charge is 2.23. The predicted molar refractivity (Wildman–Crippen MR) is 116 cm³/mol. The fourth-order valence-electron chi connectivity index (χ4n) is 3.54. The fourth-order valence-corrected chi connectivity index (χ4v) is 3.54. The molecular weight excluding hydrogens is 358 g/mol. The van der Waals surface area contributed by atoms with Gasteiger partial charge in [-0.3, -0.25) is 4.79 Å². The largest absolute Gasteiger partial charge is 0.497 e. The smallest absolute Gasteiger partial charge is 0.176 e. The van der Waals surface area contributed by atoms with Crippen LogP contribution in [0.2, 0.25) is 0 Å². The summed E-state index contributed by atoms with van der Waals surface area (Å²) in [5.74, 6) is 7.23. The maximum Gasteiger partial charge on any atom is 0.176 e. The van der Waals surface area contributed by atoms with Crippen LogP contribution in [0.4, 0.5) is 0 Å². The van der Waals surface area contributed by atoms with Crippen LogP contribution in [0.1, 0.15) is 40.0 Å². The number of H-pyrrole nitrogens is 1. The number of carbonyl (C=O) groups excluding carboxylic acids is 1. The third kappa shape index (κ3) is 3.79. The van der Waals surface area contributed by atoms with Gasteiger partial charge in [0.1, 0.15) is 5.75 Å². The zero-order valence-electron chi connectivity index (χ0n) is 16.4. The molecule has 0 aliphatic rings. The van der Waals surface area contributed by atoms with Gasteiger partial charge in [0.25, 0.3) is 0 Å². The van der Waals surface area contributed by atoms with Crippen LogP contribution in [-0.4, -0.2) is 17.9 Å². The number of ether oxygens (including phenoxy) is 1. The molecular formula is C26H21NO2. The van der Waals surface area contributed by atoms with E-state index in [4.69, 9.17) is 4.74 Å². The van der Waals surface area contributed by atoms with Crippen LogP contribution in [0.3, 0.4) is 0 Å². The van der Waals surface area contributed by atoms with Crippen molar-refractivity contribution in [2.24, 2.45) is 0 Å². The van der Waals surface area contributed by atoms with Gasteiger partial charge in [-0.1, -0.05) is 60.4 Å². The molecule has 0 aliphatic carbocycles. The second-order valence-corrected chi connectivity index (χ2v) is 6.86. The van der Waals surface area contributed by atoms with Crippen molar-refractivity contribution in [3.63, 3.8) is 0 Å². The number of rotatable bonds is 4. The Bertz CT molecular complexity index is 1210. The molecule has 0 aliphatic heterocycles. The molecule has 142 valence electrons. The van der Waals surface area contributed by atoms with Crippen LogP contribution >= 0.6 is 0 Å². The van der Waals surface area contributed by atoms with Crippen molar-refractivity contribution >= 4 is 16.7 Å². The zero-order chi connectivity index (χ0) is 20.2. The zero-order valence-corrected chi connectivity index (χ0v) is 16.4. The Balaban J connectivity index is 1.93. The molecule has 1 unspecified atom stereocenters. The Morgan fingerprint density at radius 2 is 1.62 bits per heavy atom. The number of carbonyl (C=O) groups is 1. The monoisotopic (exact) mass is 379 g/mol. The molecule has 1 atom stereocenters. The molecule has 0 spiro atoms. The fraction of sp³-hybridized carbons (Fsp3) is 0.115. The first-order chi connectivity index (χ1) is 14.2. The minimum Gasteiger partial charge on any atom is -0.497 e. The average molecular weight is 379 g/mol. The highest BCUT2D eigenvalue weighted by atomic mass is 16.5. The number of aromatic amines is 1. The van der Waals surface area contributed by atoms with Gasteiger partial charge in [0, 0.05) is 29.0 Å². The lowest BCUT2D eigenvalue weighted by molar-refractivity contribution is 0.101. The van der Waals surface area contributed by atoms with Gasteiger partial charge < -0.3 is 9.72 Å².